The van der Waals surface area contributed by atoms with E-state index in [0.29, 0.717) is 11.5 Å². The zero-order chi connectivity index (χ0) is 12.5. The lowest BCUT2D eigenvalue weighted by molar-refractivity contribution is 0.184. The molecule has 0 aliphatic carbocycles. The summed E-state index contributed by atoms with van der Waals surface area (Å²) in [4.78, 5) is 2.92. The van der Waals surface area contributed by atoms with Gasteiger partial charge in [-0.1, -0.05) is 13.8 Å². The number of thiophene rings is 1. The lowest BCUT2D eigenvalue weighted by Crippen LogP contribution is -2.52. The number of aryl methyl sites for hydroxylation is 2. The number of nitrogens with one attached hydrogen (secondary N) is 2. The van der Waals surface area contributed by atoms with Gasteiger partial charge in [0.1, 0.15) is 0 Å². The Labute approximate surface area is 109 Å². The van der Waals surface area contributed by atoms with Crippen LogP contribution < -0.4 is 10.6 Å². The molecule has 1 atom stereocenters. The van der Waals surface area contributed by atoms with E-state index >= 15 is 0 Å². The average molecular weight is 252 g/mol. The van der Waals surface area contributed by atoms with Crippen LogP contribution in [0.15, 0.2) is 6.07 Å². The van der Waals surface area contributed by atoms with Gasteiger partial charge in [0.05, 0.1) is 0 Å². The summed E-state index contributed by atoms with van der Waals surface area (Å²) in [5.41, 5.74) is 1.79. The molecule has 1 aliphatic rings. The van der Waals surface area contributed by atoms with Crippen molar-refractivity contribution in [2.45, 2.75) is 46.7 Å². The van der Waals surface area contributed by atoms with E-state index in [9.17, 15) is 0 Å². The van der Waals surface area contributed by atoms with Gasteiger partial charge in [0.15, 0.2) is 0 Å². The SMILES string of the molecule is Cc1cc(CNC2CCNCC2(C)C)sc1C. The first-order valence-corrected chi connectivity index (χ1v) is 7.31. The Bertz CT molecular complexity index is 362. The van der Waals surface area contributed by atoms with Crippen molar-refractivity contribution in [1.29, 1.82) is 0 Å². The normalized spacial score (nSPS) is 23.9. The first-order chi connectivity index (χ1) is 7.99. The molecule has 1 fully saturated rings. The molecule has 1 aromatic heterocycles. The van der Waals surface area contributed by atoms with Gasteiger partial charge in [0.25, 0.3) is 0 Å². The van der Waals surface area contributed by atoms with Crippen LogP contribution in [0.5, 0.6) is 0 Å². The summed E-state index contributed by atoms with van der Waals surface area (Å²) in [6, 6.07) is 2.95. The van der Waals surface area contributed by atoms with Crippen LogP contribution in [0.2, 0.25) is 0 Å². The monoisotopic (exact) mass is 252 g/mol. The minimum absolute atomic E-state index is 0.361. The molecule has 0 aromatic carbocycles. The fourth-order valence-electron chi connectivity index (χ4n) is 2.51. The fraction of sp³-hybridized carbons (Fsp3) is 0.714. The Kier molecular flexibility index (Phi) is 3.91. The second-order valence-electron chi connectivity index (χ2n) is 5.84. The van der Waals surface area contributed by atoms with Gasteiger partial charge in [-0.3, -0.25) is 0 Å². The predicted octanol–water partition coefficient (Wildman–Crippen LogP) is 2.84. The van der Waals surface area contributed by atoms with E-state index in [1.165, 1.54) is 21.7 Å². The minimum Gasteiger partial charge on any atom is -0.316 e. The maximum Gasteiger partial charge on any atom is 0.0302 e. The molecule has 0 saturated carbocycles. The molecule has 1 aliphatic heterocycles. The lowest BCUT2D eigenvalue weighted by Gasteiger charge is -2.39. The van der Waals surface area contributed by atoms with E-state index in [-0.39, 0.29) is 0 Å². The molecule has 96 valence electrons. The van der Waals surface area contributed by atoms with Crippen LogP contribution in [0.1, 0.15) is 35.6 Å². The minimum atomic E-state index is 0.361. The van der Waals surface area contributed by atoms with E-state index in [1.807, 2.05) is 11.3 Å². The highest BCUT2D eigenvalue weighted by Crippen LogP contribution is 2.26. The van der Waals surface area contributed by atoms with Gasteiger partial charge in [-0.05, 0) is 43.9 Å². The van der Waals surface area contributed by atoms with Gasteiger partial charge in [-0.2, -0.15) is 0 Å². The van der Waals surface area contributed by atoms with Crippen molar-refractivity contribution in [3.05, 3.63) is 21.4 Å². The third-order valence-electron chi connectivity index (χ3n) is 3.87. The van der Waals surface area contributed by atoms with E-state index in [0.717, 1.165) is 19.6 Å². The summed E-state index contributed by atoms with van der Waals surface area (Å²) in [5.74, 6) is 0. The second-order valence-corrected chi connectivity index (χ2v) is 7.18. The Morgan fingerprint density at radius 2 is 2.24 bits per heavy atom. The molecule has 2 N–H and O–H groups in total. The van der Waals surface area contributed by atoms with Gasteiger partial charge < -0.3 is 10.6 Å². The molecule has 2 heterocycles. The highest BCUT2D eigenvalue weighted by atomic mass is 32.1. The van der Waals surface area contributed by atoms with Crippen LogP contribution >= 0.6 is 11.3 Å². The summed E-state index contributed by atoms with van der Waals surface area (Å²) in [6.07, 6.45) is 1.23. The Hall–Kier alpha value is -0.380. The number of hydrogen-bond donors (Lipinski definition) is 2. The Morgan fingerprint density at radius 1 is 1.47 bits per heavy atom. The van der Waals surface area contributed by atoms with Gasteiger partial charge in [0.2, 0.25) is 0 Å². The van der Waals surface area contributed by atoms with Crippen molar-refractivity contribution < 1.29 is 0 Å². The maximum absolute atomic E-state index is 3.74. The van der Waals surface area contributed by atoms with Gasteiger partial charge in [-0.25, -0.2) is 0 Å². The second kappa shape index (κ2) is 5.09. The standard InChI is InChI=1S/C14H24N2S/c1-10-7-12(17-11(10)2)8-16-13-5-6-15-9-14(13,3)4/h7,13,15-16H,5-6,8-9H2,1-4H3. The fourth-order valence-corrected chi connectivity index (χ4v) is 3.51. The Balaban J connectivity index is 1.93. The molecule has 0 spiro atoms. The molecule has 1 saturated heterocycles. The van der Waals surface area contributed by atoms with Crippen molar-refractivity contribution in [3.8, 4) is 0 Å². The molecular weight excluding hydrogens is 228 g/mol. The molecule has 1 aromatic rings. The highest BCUT2D eigenvalue weighted by Gasteiger charge is 2.31. The van der Waals surface area contributed by atoms with Crippen LogP contribution in [0.4, 0.5) is 0 Å². The van der Waals surface area contributed by atoms with E-state index < -0.39 is 0 Å². The van der Waals surface area contributed by atoms with Crippen LogP contribution in [0.25, 0.3) is 0 Å². The van der Waals surface area contributed by atoms with E-state index in [1.54, 1.807) is 0 Å². The van der Waals surface area contributed by atoms with Crippen molar-refractivity contribution >= 4 is 11.3 Å². The molecular formula is C14H24N2S. The van der Waals surface area contributed by atoms with Gasteiger partial charge >= 0.3 is 0 Å². The van der Waals surface area contributed by atoms with Crippen LogP contribution in [0.3, 0.4) is 0 Å². The molecule has 0 amide bonds. The van der Waals surface area contributed by atoms with E-state index in [2.05, 4.69) is 44.4 Å². The first kappa shape index (κ1) is 13.1. The van der Waals surface area contributed by atoms with Gasteiger partial charge in [-0.15, -0.1) is 11.3 Å². The summed E-state index contributed by atoms with van der Waals surface area (Å²) in [5, 5.41) is 7.22. The first-order valence-electron chi connectivity index (χ1n) is 6.49. The molecule has 17 heavy (non-hydrogen) atoms. The smallest absolute Gasteiger partial charge is 0.0302 e. The van der Waals surface area contributed by atoms with Crippen molar-refractivity contribution in [3.63, 3.8) is 0 Å². The molecule has 1 unspecified atom stereocenters. The van der Waals surface area contributed by atoms with Crippen LogP contribution in [0, 0.1) is 19.3 Å². The number of rotatable bonds is 3. The summed E-state index contributed by atoms with van der Waals surface area (Å²) >= 11 is 1.92. The third kappa shape index (κ3) is 3.09. The molecule has 2 rings (SSSR count). The zero-order valence-corrected chi connectivity index (χ0v) is 12.2. The van der Waals surface area contributed by atoms with E-state index in [4.69, 9.17) is 0 Å². The maximum atomic E-state index is 3.74. The number of hydrogen-bond acceptors (Lipinski definition) is 3. The largest absolute Gasteiger partial charge is 0.316 e. The zero-order valence-electron chi connectivity index (χ0n) is 11.4. The van der Waals surface area contributed by atoms with Crippen LogP contribution in [-0.2, 0) is 6.54 Å². The van der Waals surface area contributed by atoms with Crippen molar-refractivity contribution in [2.75, 3.05) is 13.1 Å². The third-order valence-corrected chi connectivity index (χ3v) is 5.03. The average Bonchev–Trinajstić information content (AvgIpc) is 2.56. The molecule has 0 bridgehead atoms. The Morgan fingerprint density at radius 3 is 2.82 bits per heavy atom. The molecule has 3 heteroatoms. The van der Waals surface area contributed by atoms with Crippen LogP contribution in [-0.4, -0.2) is 19.1 Å². The highest BCUT2D eigenvalue weighted by molar-refractivity contribution is 7.12. The molecule has 2 nitrogen and oxygen atoms in total. The quantitative estimate of drug-likeness (QED) is 0.864. The molecule has 0 radical (unpaired) electrons. The topological polar surface area (TPSA) is 24.1 Å². The van der Waals surface area contributed by atoms with Crippen molar-refractivity contribution in [1.82, 2.24) is 10.6 Å². The predicted molar refractivity (Wildman–Crippen MR) is 75.7 cm³/mol. The summed E-state index contributed by atoms with van der Waals surface area (Å²) in [6.45, 7) is 12.4. The lowest BCUT2D eigenvalue weighted by atomic mass is 9.80. The van der Waals surface area contributed by atoms with Gasteiger partial charge in [0, 0.05) is 28.9 Å². The number of piperidine rings is 1. The van der Waals surface area contributed by atoms with Crippen molar-refractivity contribution in [2.24, 2.45) is 5.41 Å². The summed E-state index contributed by atoms with van der Waals surface area (Å²) < 4.78 is 0. The summed E-state index contributed by atoms with van der Waals surface area (Å²) in [7, 11) is 0.